The minimum atomic E-state index is -1.01. The van der Waals surface area contributed by atoms with E-state index in [-0.39, 0.29) is 0 Å². The van der Waals surface area contributed by atoms with Crippen LogP contribution in [0.3, 0.4) is 0 Å². The molecule has 2 atom stereocenters. The van der Waals surface area contributed by atoms with Gasteiger partial charge >= 0.3 is 5.97 Å². The molecule has 0 aliphatic carbocycles. The molecule has 2 heterocycles. The van der Waals surface area contributed by atoms with E-state index in [0.717, 1.165) is 5.69 Å². The number of fused-ring (bicyclic) bond motifs is 1. The number of carbonyl (C=O) groups is 1. The molecule has 0 saturated carbocycles. The maximum Gasteiger partial charge on any atom is 0.358 e. The van der Waals surface area contributed by atoms with Gasteiger partial charge in [-0.25, -0.2) is 14.2 Å². The van der Waals surface area contributed by atoms with Gasteiger partial charge in [-0.05, 0) is 13.3 Å². The minimum absolute atomic E-state index is 0.316. The van der Waals surface area contributed by atoms with Gasteiger partial charge in [0.2, 0.25) is 0 Å². The Kier molecular flexibility index (Phi) is 4.19. The third kappa shape index (κ3) is 2.63. The van der Waals surface area contributed by atoms with Gasteiger partial charge in [-0.3, -0.25) is 0 Å². The van der Waals surface area contributed by atoms with Gasteiger partial charge in [0.25, 0.3) is 0 Å². The van der Waals surface area contributed by atoms with Crippen LogP contribution in [0.25, 0.3) is 0 Å². The molecule has 1 aromatic rings. The standard InChI is InChI=1S/C13H19FN2O3/c1-4-9(14)11-7-16-8(2)15-12(13(17)18-3)10(16)5-6-19-11/h9,11H,4-7H2,1-3H3/t9?,11-/m0/s1. The zero-order valence-corrected chi connectivity index (χ0v) is 11.5. The second kappa shape index (κ2) is 5.69. The van der Waals surface area contributed by atoms with Crippen LogP contribution in [0.5, 0.6) is 0 Å². The van der Waals surface area contributed by atoms with Crippen LogP contribution in [0.4, 0.5) is 4.39 Å². The summed E-state index contributed by atoms with van der Waals surface area (Å²) in [5.41, 5.74) is 1.09. The summed E-state index contributed by atoms with van der Waals surface area (Å²) in [5.74, 6) is 0.233. The number of halogens is 1. The number of hydrogen-bond donors (Lipinski definition) is 0. The van der Waals surface area contributed by atoms with Crippen molar-refractivity contribution in [1.29, 1.82) is 0 Å². The molecule has 0 saturated heterocycles. The summed E-state index contributed by atoms with van der Waals surface area (Å²) in [4.78, 5) is 15.9. The van der Waals surface area contributed by atoms with Crippen molar-refractivity contribution in [2.45, 2.75) is 45.5 Å². The van der Waals surface area contributed by atoms with Crippen molar-refractivity contribution in [2.75, 3.05) is 13.7 Å². The van der Waals surface area contributed by atoms with Crippen molar-refractivity contribution in [3.8, 4) is 0 Å². The number of rotatable bonds is 3. The number of imidazole rings is 1. The Hall–Kier alpha value is -1.43. The molecule has 0 N–H and O–H groups in total. The third-order valence-corrected chi connectivity index (χ3v) is 3.47. The van der Waals surface area contributed by atoms with E-state index in [0.29, 0.717) is 37.5 Å². The highest BCUT2D eigenvalue weighted by Gasteiger charge is 2.29. The Bertz CT molecular complexity index is 473. The molecule has 19 heavy (non-hydrogen) atoms. The summed E-state index contributed by atoms with van der Waals surface area (Å²) in [7, 11) is 1.33. The van der Waals surface area contributed by atoms with Gasteiger partial charge in [0.15, 0.2) is 5.69 Å². The number of aryl methyl sites for hydroxylation is 1. The predicted molar refractivity (Wildman–Crippen MR) is 66.9 cm³/mol. The molecule has 0 spiro atoms. The molecule has 1 aromatic heterocycles. The van der Waals surface area contributed by atoms with E-state index in [9.17, 15) is 9.18 Å². The predicted octanol–water partition coefficient (Wildman–Crippen LogP) is 1.67. The molecule has 1 unspecified atom stereocenters. The molecule has 0 bridgehead atoms. The SMILES string of the molecule is CCC(F)[C@@H]1Cn2c(C)nc(C(=O)OC)c2CCO1. The normalized spacial score (nSPS) is 20.5. The maximum absolute atomic E-state index is 13.8. The van der Waals surface area contributed by atoms with Gasteiger partial charge in [0.05, 0.1) is 26.0 Å². The number of alkyl halides is 1. The van der Waals surface area contributed by atoms with E-state index in [4.69, 9.17) is 9.47 Å². The summed E-state index contributed by atoms with van der Waals surface area (Å²) < 4.78 is 25.9. The summed E-state index contributed by atoms with van der Waals surface area (Å²) >= 11 is 0. The average molecular weight is 270 g/mol. The van der Waals surface area contributed by atoms with Crippen LogP contribution >= 0.6 is 0 Å². The molecular formula is C13H19FN2O3. The lowest BCUT2D eigenvalue weighted by Gasteiger charge is -2.19. The lowest BCUT2D eigenvalue weighted by atomic mass is 10.2. The van der Waals surface area contributed by atoms with E-state index in [1.165, 1.54) is 7.11 Å². The maximum atomic E-state index is 13.8. The first kappa shape index (κ1) is 14.0. The Balaban J connectivity index is 2.33. The largest absolute Gasteiger partial charge is 0.464 e. The first-order valence-electron chi connectivity index (χ1n) is 6.48. The van der Waals surface area contributed by atoms with Crippen LogP contribution in [0, 0.1) is 6.92 Å². The average Bonchev–Trinajstić information content (AvgIpc) is 2.62. The summed E-state index contributed by atoms with van der Waals surface area (Å²) in [6, 6.07) is 0. The Labute approximate surface area is 111 Å². The molecule has 0 radical (unpaired) electrons. The van der Waals surface area contributed by atoms with Crippen LogP contribution in [-0.4, -0.2) is 41.5 Å². The second-order valence-electron chi connectivity index (χ2n) is 4.64. The van der Waals surface area contributed by atoms with Crippen molar-refractivity contribution in [3.05, 3.63) is 17.2 Å². The monoisotopic (exact) mass is 270 g/mol. The van der Waals surface area contributed by atoms with Crippen LogP contribution < -0.4 is 0 Å². The number of esters is 1. The fourth-order valence-electron chi connectivity index (χ4n) is 2.39. The molecule has 1 aliphatic heterocycles. The molecule has 6 heteroatoms. The Morgan fingerprint density at radius 1 is 1.68 bits per heavy atom. The number of methoxy groups -OCH3 is 1. The molecule has 5 nitrogen and oxygen atoms in total. The van der Waals surface area contributed by atoms with Gasteiger partial charge in [-0.15, -0.1) is 0 Å². The highest BCUT2D eigenvalue weighted by Crippen LogP contribution is 2.21. The van der Waals surface area contributed by atoms with E-state index in [1.807, 2.05) is 4.57 Å². The van der Waals surface area contributed by atoms with Crippen molar-refractivity contribution < 1.29 is 18.7 Å². The number of aromatic nitrogens is 2. The molecule has 0 fully saturated rings. The summed E-state index contributed by atoms with van der Waals surface area (Å²) in [5, 5.41) is 0. The Morgan fingerprint density at radius 3 is 3.05 bits per heavy atom. The van der Waals surface area contributed by atoms with Gasteiger partial charge < -0.3 is 14.0 Å². The van der Waals surface area contributed by atoms with Gasteiger partial charge in [0.1, 0.15) is 18.1 Å². The first-order chi connectivity index (χ1) is 9.08. The second-order valence-corrected chi connectivity index (χ2v) is 4.64. The van der Waals surface area contributed by atoms with E-state index in [2.05, 4.69) is 4.98 Å². The van der Waals surface area contributed by atoms with Crippen molar-refractivity contribution >= 4 is 5.97 Å². The van der Waals surface area contributed by atoms with Crippen molar-refractivity contribution in [3.63, 3.8) is 0 Å². The number of hydrogen-bond acceptors (Lipinski definition) is 4. The third-order valence-electron chi connectivity index (χ3n) is 3.47. The molecule has 0 amide bonds. The van der Waals surface area contributed by atoms with Gasteiger partial charge in [-0.2, -0.15) is 0 Å². The lowest BCUT2D eigenvalue weighted by Crippen LogP contribution is -2.29. The highest BCUT2D eigenvalue weighted by atomic mass is 19.1. The van der Waals surface area contributed by atoms with Gasteiger partial charge in [-0.1, -0.05) is 6.92 Å². The van der Waals surface area contributed by atoms with Gasteiger partial charge in [0, 0.05) is 6.42 Å². The smallest absolute Gasteiger partial charge is 0.358 e. The molecule has 2 rings (SSSR count). The van der Waals surface area contributed by atoms with E-state index < -0.39 is 18.2 Å². The fourth-order valence-corrected chi connectivity index (χ4v) is 2.39. The van der Waals surface area contributed by atoms with Crippen molar-refractivity contribution in [1.82, 2.24) is 9.55 Å². The number of nitrogens with zero attached hydrogens (tertiary/aromatic N) is 2. The van der Waals surface area contributed by atoms with Crippen LogP contribution in [0.1, 0.15) is 35.4 Å². The van der Waals surface area contributed by atoms with Crippen LogP contribution in [-0.2, 0) is 22.4 Å². The number of carbonyl (C=O) groups excluding carboxylic acids is 1. The van der Waals surface area contributed by atoms with E-state index in [1.54, 1.807) is 13.8 Å². The zero-order chi connectivity index (χ0) is 14.0. The number of ether oxygens (including phenoxy) is 2. The topological polar surface area (TPSA) is 53.4 Å². The van der Waals surface area contributed by atoms with Crippen molar-refractivity contribution in [2.24, 2.45) is 0 Å². The fraction of sp³-hybridized carbons (Fsp3) is 0.692. The molecule has 106 valence electrons. The van der Waals surface area contributed by atoms with Crippen LogP contribution in [0.15, 0.2) is 0 Å². The quantitative estimate of drug-likeness (QED) is 0.784. The Morgan fingerprint density at radius 2 is 2.42 bits per heavy atom. The molecular weight excluding hydrogens is 251 g/mol. The zero-order valence-electron chi connectivity index (χ0n) is 11.5. The summed E-state index contributed by atoms with van der Waals surface area (Å²) in [6.07, 6.45) is -0.533. The highest BCUT2D eigenvalue weighted by molar-refractivity contribution is 5.88. The minimum Gasteiger partial charge on any atom is -0.464 e. The molecule has 1 aliphatic rings. The summed E-state index contributed by atoms with van der Waals surface area (Å²) in [6.45, 7) is 4.37. The van der Waals surface area contributed by atoms with Crippen LogP contribution in [0.2, 0.25) is 0 Å². The van der Waals surface area contributed by atoms with E-state index >= 15 is 0 Å². The lowest BCUT2D eigenvalue weighted by molar-refractivity contribution is -0.00505. The first-order valence-corrected chi connectivity index (χ1v) is 6.48. The molecule has 0 aromatic carbocycles.